The molecular weight excluding hydrogens is 474 g/mol. The summed E-state index contributed by atoms with van der Waals surface area (Å²) in [5, 5.41) is 22.8. The van der Waals surface area contributed by atoms with Crippen LogP contribution in [0.1, 0.15) is 101 Å². The number of hydrogen-bond acceptors (Lipinski definition) is 4. The number of nitrogens with one attached hydrogen (secondary N) is 1. The lowest BCUT2D eigenvalue weighted by Crippen LogP contribution is -2.45. The van der Waals surface area contributed by atoms with Gasteiger partial charge in [0.05, 0.1) is 18.8 Å². The molecule has 38 heavy (non-hydrogen) atoms. The van der Waals surface area contributed by atoms with E-state index in [1.807, 2.05) is 30.3 Å². The van der Waals surface area contributed by atoms with E-state index in [-0.39, 0.29) is 19.1 Å². The van der Waals surface area contributed by atoms with E-state index in [0.717, 1.165) is 24.0 Å². The quantitative estimate of drug-likeness (QED) is 0.140. The second-order valence-electron chi connectivity index (χ2n) is 10.5. The van der Waals surface area contributed by atoms with Gasteiger partial charge in [0.2, 0.25) is 0 Å². The molecule has 1 amide bonds. The lowest BCUT2D eigenvalue weighted by Gasteiger charge is -2.21. The number of allylic oxidation sites excluding steroid dienone is 1. The monoisotopic (exact) mass is 521 g/mol. The molecule has 0 saturated carbocycles. The highest BCUT2D eigenvalue weighted by molar-refractivity contribution is 5.79. The maximum atomic E-state index is 12.5. The van der Waals surface area contributed by atoms with Crippen molar-refractivity contribution in [2.24, 2.45) is 0 Å². The molecule has 0 unspecified atom stereocenters. The van der Waals surface area contributed by atoms with Crippen LogP contribution in [0.3, 0.4) is 0 Å². The third-order valence-corrected chi connectivity index (χ3v) is 7.56. The molecule has 0 aliphatic heterocycles. The van der Waals surface area contributed by atoms with E-state index in [9.17, 15) is 15.0 Å². The predicted octanol–water partition coefficient (Wildman–Crippen LogP) is 7.50. The number of carbonyl (C=O) groups is 1. The fourth-order valence-electron chi connectivity index (χ4n) is 5.33. The molecule has 0 radical (unpaired) electrons. The second kappa shape index (κ2) is 17.1. The third kappa shape index (κ3) is 9.28. The van der Waals surface area contributed by atoms with E-state index in [1.165, 1.54) is 75.3 Å². The van der Waals surface area contributed by atoms with E-state index >= 15 is 0 Å². The van der Waals surface area contributed by atoms with Crippen molar-refractivity contribution >= 4 is 6.09 Å². The fraction of sp³-hybridized carbons (Fsp3) is 0.545. The van der Waals surface area contributed by atoms with Crippen molar-refractivity contribution in [2.75, 3.05) is 13.2 Å². The molecule has 0 fully saturated rings. The van der Waals surface area contributed by atoms with E-state index < -0.39 is 18.2 Å². The minimum atomic E-state index is -0.965. The molecular formula is C33H47NO4. The molecule has 3 rings (SSSR count). The van der Waals surface area contributed by atoms with Crippen molar-refractivity contribution in [3.63, 3.8) is 0 Å². The van der Waals surface area contributed by atoms with Crippen LogP contribution in [0, 0.1) is 0 Å². The summed E-state index contributed by atoms with van der Waals surface area (Å²) in [6.45, 7) is 2.09. The summed E-state index contributed by atoms with van der Waals surface area (Å²) in [4.78, 5) is 12.5. The summed E-state index contributed by atoms with van der Waals surface area (Å²) >= 11 is 0. The van der Waals surface area contributed by atoms with Crippen LogP contribution in [0.25, 0.3) is 11.1 Å². The lowest BCUT2D eigenvalue weighted by atomic mass is 9.98. The Bertz CT molecular complexity index is 943. The van der Waals surface area contributed by atoms with Crippen LogP contribution < -0.4 is 5.32 Å². The molecule has 2 atom stereocenters. The van der Waals surface area contributed by atoms with Crippen molar-refractivity contribution in [2.45, 2.75) is 102 Å². The summed E-state index contributed by atoms with van der Waals surface area (Å²) in [5.74, 6) is -0.0312. The van der Waals surface area contributed by atoms with Crippen LogP contribution in [-0.2, 0) is 4.74 Å². The number of aliphatic hydroxyl groups excluding tert-OH is 2. The maximum absolute atomic E-state index is 12.5. The fourth-order valence-corrected chi connectivity index (χ4v) is 5.33. The zero-order valence-electron chi connectivity index (χ0n) is 23.1. The molecule has 0 bridgehead atoms. The van der Waals surface area contributed by atoms with Crippen LogP contribution >= 0.6 is 0 Å². The number of alkyl carbamates (subject to hydrolysis) is 1. The van der Waals surface area contributed by atoms with E-state index in [0.29, 0.717) is 0 Å². The van der Waals surface area contributed by atoms with Crippen LogP contribution in [-0.4, -0.2) is 41.7 Å². The zero-order chi connectivity index (χ0) is 27.0. The van der Waals surface area contributed by atoms with Gasteiger partial charge in [-0.3, -0.25) is 0 Å². The Hall–Kier alpha value is -2.63. The van der Waals surface area contributed by atoms with E-state index in [2.05, 4.69) is 36.5 Å². The van der Waals surface area contributed by atoms with E-state index in [1.54, 1.807) is 6.08 Å². The summed E-state index contributed by atoms with van der Waals surface area (Å²) < 4.78 is 5.55. The molecule has 0 heterocycles. The first-order valence-corrected chi connectivity index (χ1v) is 14.7. The van der Waals surface area contributed by atoms with Crippen molar-refractivity contribution in [3.05, 3.63) is 71.8 Å². The van der Waals surface area contributed by atoms with Gasteiger partial charge in [0.15, 0.2) is 0 Å². The molecule has 2 aromatic carbocycles. The van der Waals surface area contributed by atoms with Crippen LogP contribution in [0.4, 0.5) is 4.79 Å². The van der Waals surface area contributed by atoms with Gasteiger partial charge in [-0.1, -0.05) is 132 Å². The van der Waals surface area contributed by atoms with Gasteiger partial charge in [-0.15, -0.1) is 0 Å². The van der Waals surface area contributed by atoms with Gasteiger partial charge in [-0.2, -0.15) is 0 Å². The Morgan fingerprint density at radius 3 is 1.95 bits per heavy atom. The van der Waals surface area contributed by atoms with Gasteiger partial charge in [0, 0.05) is 5.92 Å². The number of unbranched alkanes of at least 4 members (excludes halogenated alkanes) is 11. The van der Waals surface area contributed by atoms with Gasteiger partial charge < -0.3 is 20.3 Å². The first kappa shape index (κ1) is 29.9. The molecule has 5 heteroatoms. The zero-order valence-corrected chi connectivity index (χ0v) is 23.1. The summed E-state index contributed by atoms with van der Waals surface area (Å²) in [6, 6.07) is 15.6. The van der Waals surface area contributed by atoms with Crippen molar-refractivity contribution in [1.82, 2.24) is 5.32 Å². The molecule has 0 aromatic heterocycles. The minimum absolute atomic E-state index is 0.0312. The number of hydrogen-bond donors (Lipinski definition) is 3. The third-order valence-electron chi connectivity index (χ3n) is 7.56. The SMILES string of the molecule is CCCCCCCCCCCCC/C=C/[C@H](O)[C@@H](CO)NC(=O)OCC1c2ccccc2-c2ccccc21. The highest BCUT2D eigenvalue weighted by atomic mass is 16.5. The van der Waals surface area contributed by atoms with Gasteiger partial charge in [0.1, 0.15) is 6.61 Å². The number of amides is 1. The van der Waals surface area contributed by atoms with E-state index in [4.69, 9.17) is 4.74 Å². The average molecular weight is 522 g/mol. The predicted molar refractivity (Wildman–Crippen MR) is 155 cm³/mol. The van der Waals surface area contributed by atoms with Crippen LogP contribution in [0.2, 0.25) is 0 Å². The average Bonchev–Trinajstić information content (AvgIpc) is 3.26. The standard InChI is InChI=1S/C33H47NO4/c1-2-3-4-5-6-7-8-9-10-11-12-13-14-23-32(36)31(24-35)34-33(37)38-25-30-28-21-17-15-19-26(28)27-20-16-18-22-29(27)30/h14-23,30-32,35-36H,2-13,24-25H2,1H3,(H,34,37)/b23-14+/t31-,32+/m1/s1. The van der Waals surface area contributed by atoms with Gasteiger partial charge in [0.25, 0.3) is 0 Å². The maximum Gasteiger partial charge on any atom is 0.407 e. The van der Waals surface area contributed by atoms with Gasteiger partial charge in [-0.05, 0) is 35.1 Å². The minimum Gasteiger partial charge on any atom is -0.449 e. The molecule has 5 nitrogen and oxygen atoms in total. The van der Waals surface area contributed by atoms with Crippen molar-refractivity contribution in [1.29, 1.82) is 0 Å². The number of ether oxygens (including phenoxy) is 1. The smallest absolute Gasteiger partial charge is 0.407 e. The van der Waals surface area contributed by atoms with Gasteiger partial charge >= 0.3 is 6.09 Å². The molecule has 3 N–H and O–H groups in total. The number of carbonyl (C=O) groups excluding carboxylic acids is 1. The largest absolute Gasteiger partial charge is 0.449 e. The molecule has 0 spiro atoms. The van der Waals surface area contributed by atoms with Gasteiger partial charge in [-0.25, -0.2) is 4.79 Å². The molecule has 208 valence electrons. The lowest BCUT2D eigenvalue weighted by molar-refractivity contribution is 0.0990. The highest BCUT2D eigenvalue weighted by Crippen LogP contribution is 2.44. The first-order valence-electron chi connectivity index (χ1n) is 14.7. The Kier molecular flexibility index (Phi) is 13.4. The number of benzene rings is 2. The Morgan fingerprint density at radius 2 is 1.39 bits per heavy atom. The number of fused-ring (bicyclic) bond motifs is 3. The summed E-state index contributed by atoms with van der Waals surface area (Å²) in [5.41, 5.74) is 4.63. The number of aliphatic hydroxyl groups is 2. The summed E-state index contributed by atoms with van der Waals surface area (Å²) in [7, 11) is 0. The Balaban J connectivity index is 1.32. The molecule has 2 aromatic rings. The molecule has 0 saturated heterocycles. The van der Waals surface area contributed by atoms with Crippen molar-refractivity contribution < 1.29 is 19.7 Å². The second-order valence-corrected chi connectivity index (χ2v) is 10.5. The highest BCUT2D eigenvalue weighted by Gasteiger charge is 2.29. The normalized spacial score (nSPS) is 14.3. The first-order chi connectivity index (χ1) is 18.7. The Morgan fingerprint density at radius 1 is 0.868 bits per heavy atom. The van der Waals surface area contributed by atoms with Crippen LogP contribution in [0.5, 0.6) is 0 Å². The van der Waals surface area contributed by atoms with Crippen LogP contribution in [0.15, 0.2) is 60.7 Å². The molecule has 1 aliphatic carbocycles. The number of rotatable bonds is 18. The summed E-state index contributed by atoms with van der Waals surface area (Å²) in [6.07, 6.45) is 17.2. The topological polar surface area (TPSA) is 78.8 Å². The molecule has 1 aliphatic rings. The Labute approximate surface area is 229 Å². The van der Waals surface area contributed by atoms with Crippen molar-refractivity contribution in [3.8, 4) is 11.1 Å².